The highest BCUT2D eigenvalue weighted by Gasteiger charge is 2.50. The number of carbonyl (C=O) groups excluding carboxylic acids is 1. The van der Waals surface area contributed by atoms with Crippen molar-refractivity contribution in [3.8, 4) is 0 Å². The molecule has 0 spiro atoms. The van der Waals surface area contributed by atoms with Crippen molar-refractivity contribution in [1.82, 2.24) is 0 Å². The Morgan fingerprint density at radius 2 is 2.24 bits per heavy atom. The predicted molar refractivity (Wildman–Crippen MR) is 54.8 cm³/mol. The van der Waals surface area contributed by atoms with Crippen molar-refractivity contribution in [2.45, 2.75) is 57.6 Å². The molecule has 0 aromatic heterocycles. The second kappa shape index (κ2) is 4.51. The van der Waals surface area contributed by atoms with E-state index in [9.17, 15) is 9.18 Å². The molecule has 2 aliphatic heterocycles. The molecule has 2 rings (SSSR count). The summed E-state index contributed by atoms with van der Waals surface area (Å²) in [5.74, 6) is -1.19. The number of esters is 1. The lowest BCUT2D eigenvalue weighted by molar-refractivity contribution is -0.218. The average Bonchev–Trinajstić information content (AvgIpc) is 2.66. The lowest BCUT2D eigenvalue weighted by Crippen LogP contribution is -2.35. The Balaban J connectivity index is 1.93. The van der Waals surface area contributed by atoms with Crippen molar-refractivity contribution >= 4 is 5.97 Å². The first-order chi connectivity index (χ1) is 7.91. The average molecular weight is 248 g/mol. The molecule has 0 aromatic rings. The quantitative estimate of drug-likeness (QED) is 0.701. The fraction of sp³-hybridized carbons (Fsp3) is 0.909. The van der Waals surface area contributed by atoms with E-state index in [0.717, 1.165) is 0 Å². The van der Waals surface area contributed by atoms with E-state index < -0.39 is 36.9 Å². The second-order valence-corrected chi connectivity index (χ2v) is 4.75. The van der Waals surface area contributed by atoms with Crippen molar-refractivity contribution in [2.75, 3.05) is 6.67 Å². The summed E-state index contributed by atoms with van der Waals surface area (Å²) in [4.78, 5) is 10.8. The van der Waals surface area contributed by atoms with Crippen LogP contribution in [0.4, 0.5) is 4.39 Å². The van der Waals surface area contributed by atoms with Gasteiger partial charge in [0, 0.05) is 13.3 Å². The van der Waals surface area contributed by atoms with Gasteiger partial charge in [0.2, 0.25) is 0 Å². The Kier molecular flexibility index (Phi) is 3.38. The van der Waals surface area contributed by atoms with Gasteiger partial charge in [0.1, 0.15) is 18.9 Å². The third-order valence-electron chi connectivity index (χ3n) is 2.80. The first kappa shape index (κ1) is 12.7. The summed E-state index contributed by atoms with van der Waals surface area (Å²) in [6.07, 6.45) is -1.64. The molecule has 0 N–H and O–H groups in total. The highest BCUT2D eigenvalue weighted by atomic mass is 19.1. The maximum absolute atomic E-state index is 12.8. The van der Waals surface area contributed by atoms with Gasteiger partial charge in [-0.05, 0) is 13.8 Å². The van der Waals surface area contributed by atoms with Crippen molar-refractivity contribution in [3.05, 3.63) is 0 Å². The molecule has 2 fully saturated rings. The summed E-state index contributed by atoms with van der Waals surface area (Å²) >= 11 is 0. The standard InChI is InChI=1S/C11H17FO5/c1-6(13)14-9(5-12)7-4-8-10(15-7)17-11(2,3)16-8/h7-10H,4-5H2,1-3H3/t7-,8-,9-,10-/m0/s1. The van der Waals surface area contributed by atoms with E-state index in [4.69, 9.17) is 18.9 Å². The normalized spacial score (nSPS) is 36.6. The molecule has 6 heteroatoms. The minimum Gasteiger partial charge on any atom is -0.457 e. The molecule has 5 nitrogen and oxygen atoms in total. The number of ether oxygens (including phenoxy) is 4. The molecular formula is C11H17FO5. The van der Waals surface area contributed by atoms with E-state index >= 15 is 0 Å². The molecule has 98 valence electrons. The molecule has 0 saturated carbocycles. The molecule has 0 radical (unpaired) electrons. The van der Waals surface area contributed by atoms with E-state index in [2.05, 4.69) is 0 Å². The molecule has 2 aliphatic rings. The first-order valence-corrected chi connectivity index (χ1v) is 5.65. The van der Waals surface area contributed by atoms with Gasteiger partial charge in [-0.15, -0.1) is 0 Å². The highest BCUT2D eigenvalue weighted by molar-refractivity contribution is 5.66. The van der Waals surface area contributed by atoms with Crippen LogP contribution in [0.25, 0.3) is 0 Å². The Bertz CT molecular complexity index is 290. The van der Waals surface area contributed by atoms with Crippen LogP contribution in [-0.4, -0.2) is 43.0 Å². The topological polar surface area (TPSA) is 54.0 Å². The van der Waals surface area contributed by atoms with Gasteiger partial charge in [-0.25, -0.2) is 4.39 Å². The zero-order valence-electron chi connectivity index (χ0n) is 10.1. The van der Waals surface area contributed by atoms with Gasteiger partial charge in [0.05, 0.1) is 0 Å². The van der Waals surface area contributed by atoms with Crippen molar-refractivity contribution < 1.29 is 28.1 Å². The van der Waals surface area contributed by atoms with Crippen molar-refractivity contribution in [1.29, 1.82) is 0 Å². The number of carbonyl (C=O) groups is 1. The zero-order valence-corrected chi connectivity index (χ0v) is 10.1. The minimum atomic E-state index is -0.881. The number of rotatable bonds is 3. The van der Waals surface area contributed by atoms with E-state index in [0.29, 0.717) is 6.42 Å². The second-order valence-electron chi connectivity index (χ2n) is 4.75. The maximum Gasteiger partial charge on any atom is 0.303 e. The summed E-state index contributed by atoms with van der Waals surface area (Å²) in [6, 6.07) is 0. The van der Waals surface area contributed by atoms with Crippen LogP contribution in [0.3, 0.4) is 0 Å². The van der Waals surface area contributed by atoms with Crippen LogP contribution in [0, 0.1) is 0 Å². The molecule has 0 aliphatic carbocycles. The summed E-state index contributed by atoms with van der Waals surface area (Å²) in [6.45, 7) is 4.06. The zero-order chi connectivity index (χ0) is 12.6. The molecule has 2 heterocycles. The monoisotopic (exact) mass is 248 g/mol. The van der Waals surface area contributed by atoms with E-state index in [1.807, 2.05) is 0 Å². The van der Waals surface area contributed by atoms with E-state index in [1.54, 1.807) is 13.8 Å². The predicted octanol–water partition coefficient (Wildman–Crippen LogP) is 1.15. The summed E-state index contributed by atoms with van der Waals surface area (Å²) in [5, 5.41) is 0. The Morgan fingerprint density at radius 3 is 2.76 bits per heavy atom. The fourth-order valence-electron chi connectivity index (χ4n) is 2.19. The number of halogens is 1. The van der Waals surface area contributed by atoms with Gasteiger partial charge in [-0.3, -0.25) is 4.79 Å². The molecule has 0 aromatic carbocycles. The molecule has 17 heavy (non-hydrogen) atoms. The van der Waals surface area contributed by atoms with E-state index in [1.165, 1.54) is 6.92 Å². The number of hydrogen-bond donors (Lipinski definition) is 0. The molecule has 0 unspecified atom stereocenters. The first-order valence-electron chi connectivity index (χ1n) is 5.65. The molecular weight excluding hydrogens is 231 g/mol. The Hall–Kier alpha value is -0.720. The smallest absolute Gasteiger partial charge is 0.303 e. The van der Waals surface area contributed by atoms with Crippen LogP contribution >= 0.6 is 0 Å². The lowest BCUT2D eigenvalue weighted by Gasteiger charge is -2.24. The van der Waals surface area contributed by atoms with Crippen LogP contribution in [0.15, 0.2) is 0 Å². The van der Waals surface area contributed by atoms with Gasteiger partial charge in [-0.2, -0.15) is 0 Å². The summed E-state index contributed by atoms with van der Waals surface area (Å²) in [7, 11) is 0. The lowest BCUT2D eigenvalue weighted by atomic mass is 10.1. The van der Waals surface area contributed by atoms with Gasteiger partial charge in [-0.1, -0.05) is 0 Å². The van der Waals surface area contributed by atoms with E-state index in [-0.39, 0.29) is 6.10 Å². The van der Waals surface area contributed by atoms with Gasteiger partial charge < -0.3 is 18.9 Å². The van der Waals surface area contributed by atoms with Crippen molar-refractivity contribution in [3.63, 3.8) is 0 Å². The molecule has 4 atom stereocenters. The van der Waals surface area contributed by atoms with Gasteiger partial charge in [0.15, 0.2) is 18.2 Å². The fourth-order valence-corrected chi connectivity index (χ4v) is 2.19. The number of alkyl halides is 1. The summed E-state index contributed by atoms with van der Waals surface area (Å²) in [5.41, 5.74) is 0. The van der Waals surface area contributed by atoms with Gasteiger partial charge >= 0.3 is 5.97 Å². The SMILES string of the molecule is CC(=O)O[C@@H](CF)[C@@H]1C[C@@H]2OC(C)(C)O[C@@H]2O1. The summed E-state index contributed by atoms with van der Waals surface area (Å²) < 4.78 is 34.2. The molecule has 0 bridgehead atoms. The van der Waals surface area contributed by atoms with Crippen LogP contribution in [0.1, 0.15) is 27.2 Å². The van der Waals surface area contributed by atoms with Crippen molar-refractivity contribution in [2.24, 2.45) is 0 Å². The van der Waals surface area contributed by atoms with Crippen LogP contribution < -0.4 is 0 Å². The Morgan fingerprint density at radius 1 is 1.53 bits per heavy atom. The third-order valence-corrected chi connectivity index (χ3v) is 2.80. The minimum absolute atomic E-state index is 0.223. The van der Waals surface area contributed by atoms with Crippen LogP contribution in [0.2, 0.25) is 0 Å². The highest BCUT2D eigenvalue weighted by Crippen LogP contribution is 2.38. The maximum atomic E-state index is 12.8. The Labute approximate surface area is 99.2 Å². The molecule has 2 saturated heterocycles. The van der Waals surface area contributed by atoms with Gasteiger partial charge in [0.25, 0.3) is 0 Å². The van der Waals surface area contributed by atoms with Crippen LogP contribution in [-0.2, 0) is 23.7 Å². The van der Waals surface area contributed by atoms with Crippen LogP contribution in [0.5, 0.6) is 0 Å². The largest absolute Gasteiger partial charge is 0.457 e. The number of fused-ring (bicyclic) bond motifs is 1. The number of hydrogen-bond acceptors (Lipinski definition) is 5. The molecule has 0 amide bonds. The third kappa shape index (κ3) is 2.75.